The fraction of sp³-hybridized carbons (Fsp3) is 0.167. The van der Waals surface area contributed by atoms with Gasteiger partial charge >= 0.3 is 0 Å². The molecule has 0 aliphatic rings. The highest BCUT2D eigenvalue weighted by Crippen LogP contribution is 2.38. The van der Waals surface area contributed by atoms with Crippen LogP contribution in [0.3, 0.4) is 0 Å². The summed E-state index contributed by atoms with van der Waals surface area (Å²) < 4.78 is 20.8. The number of nitro groups is 2. The van der Waals surface area contributed by atoms with Gasteiger partial charge in [0.1, 0.15) is 29.2 Å². The molecule has 4 aromatic rings. The molecule has 0 aliphatic heterocycles. The van der Waals surface area contributed by atoms with Crippen LogP contribution in [0, 0.1) is 33.0 Å². The number of non-ortho nitro benzene ring substituents is 1. The van der Waals surface area contributed by atoms with Gasteiger partial charge in [-0.05, 0) is 66.6 Å². The number of rotatable bonds is 10. The van der Waals surface area contributed by atoms with Gasteiger partial charge in [-0.3, -0.25) is 24.8 Å². The number of aryl methyl sites for hydroxylation is 1. The lowest BCUT2D eigenvalue weighted by atomic mass is 10.1. The van der Waals surface area contributed by atoms with Crippen LogP contribution in [0.4, 0.5) is 10.1 Å². The van der Waals surface area contributed by atoms with Crippen molar-refractivity contribution in [1.82, 2.24) is 14.8 Å². The molecule has 37 heavy (non-hydrogen) atoms. The molecular formula is C24H19ClFN5O5S. The van der Waals surface area contributed by atoms with E-state index in [9.17, 15) is 24.6 Å². The molecule has 1 aromatic heterocycles. The fourth-order valence-corrected chi connectivity index (χ4v) is 4.90. The Hall–Kier alpha value is -4.03. The van der Waals surface area contributed by atoms with Crippen molar-refractivity contribution in [3.05, 3.63) is 115 Å². The molecule has 0 fully saturated rings. The van der Waals surface area contributed by atoms with E-state index in [1.165, 1.54) is 24.3 Å². The van der Waals surface area contributed by atoms with Gasteiger partial charge in [-0.1, -0.05) is 29.4 Å². The number of nitro benzene ring substituents is 1. The Kier molecular flexibility index (Phi) is 7.99. The van der Waals surface area contributed by atoms with Crippen molar-refractivity contribution < 1.29 is 19.0 Å². The minimum Gasteiger partial charge on any atom is -0.487 e. The number of thioether (sulfide) groups is 1. The van der Waals surface area contributed by atoms with E-state index in [1.54, 1.807) is 54.0 Å². The molecular weight excluding hydrogens is 525 g/mol. The summed E-state index contributed by atoms with van der Waals surface area (Å²) in [6.07, 6.45) is 0. The molecule has 10 nitrogen and oxygen atoms in total. The smallest absolute Gasteiger partial charge is 0.269 e. The zero-order valence-corrected chi connectivity index (χ0v) is 20.9. The van der Waals surface area contributed by atoms with Crippen molar-refractivity contribution in [2.24, 2.45) is 0 Å². The van der Waals surface area contributed by atoms with E-state index < -0.39 is 21.6 Å². The zero-order chi connectivity index (χ0) is 26.5. The van der Waals surface area contributed by atoms with Gasteiger partial charge in [-0.15, -0.1) is 10.2 Å². The van der Waals surface area contributed by atoms with Gasteiger partial charge < -0.3 is 4.74 Å². The van der Waals surface area contributed by atoms with Crippen LogP contribution in [0.15, 0.2) is 71.9 Å². The van der Waals surface area contributed by atoms with E-state index >= 15 is 0 Å². The summed E-state index contributed by atoms with van der Waals surface area (Å²) in [5.41, 5.74) is 1.90. The number of nitrogens with zero attached hydrogens (tertiary/aromatic N) is 5. The van der Waals surface area contributed by atoms with E-state index in [-0.39, 0.29) is 23.1 Å². The largest absolute Gasteiger partial charge is 0.487 e. The summed E-state index contributed by atoms with van der Waals surface area (Å²) in [6.45, 7) is 1.46. The summed E-state index contributed by atoms with van der Waals surface area (Å²) in [5.74, 6) is 0.515. The van der Waals surface area contributed by atoms with Gasteiger partial charge in [0.25, 0.3) is 5.69 Å². The molecule has 3 aromatic carbocycles. The molecule has 190 valence electrons. The van der Waals surface area contributed by atoms with Crippen molar-refractivity contribution in [2.45, 2.75) is 23.9 Å². The second-order valence-corrected chi connectivity index (χ2v) is 9.44. The zero-order valence-electron chi connectivity index (χ0n) is 19.3. The van der Waals surface area contributed by atoms with Crippen LogP contribution >= 0.6 is 23.4 Å². The maximum Gasteiger partial charge on any atom is 0.269 e. The number of hydrogen-bond donors (Lipinski definition) is 0. The highest BCUT2D eigenvalue weighted by atomic mass is 35.5. The predicted octanol–water partition coefficient (Wildman–Crippen LogP) is 5.97. The minimum atomic E-state index is -0.654. The molecule has 0 saturated carbocycles. The van der Waals surface area contributed by atoms with Gasteiger partial charge in [0.15, 0.2) is 5.16 Å². The average molecular weight is 544 g/mol. The van der Waals surface area contributed by atoms with Gasteiger partial charge in [-0.25, -0.2) is 4.39 Å². The van der Waals surface area contributed by atoms with E-state index in [1.807, 2.05) is 0 Å². The second-order valence-electron chi connectivity index (χ2n) is 7.87. The first-order valence-corrected chi connectivity index (χ1v) is 12.1. The van der Waals surface area contributed by atoms with E-state index in [0.717, 1.165) is 11.8 Å². The first-order valence-electron chi connectivity index (χ1n) is 10.8. The van der Waals surface area contributed by atoms with Crippen LogP contribution < -0.4 is 4.74 Å². The standard InChI is InChI=1S/C24H19ClFN5O5S/c1-15-27-28-24(30(15)19-9-5-18(26)6-10-19)37-23(13-29(32)33)17-4-11-22(21(25)12-17)36-14-16-2-7-20(8-3-16)31(34)35/h2-12,23H,13-14H2,1H3/t23-/m0/s1. The van der Waals surface area contributed by atoms with Crippen LogP contribution in [0.25, 0.3) is 5.69 Å². The summed E-state index contributed by atoms with van der Waals surface area (Å²) >= 11 is 7.57. The monoisotopic (exact) mass is 543 g/mol. The van der Waals surface area contributed by atoms with Crippen molar-refractivity contribution in [3.8, 4) is 11.4 Å². The fourth-order valence-electron chi connectivity index (χ4n) is 3.49. The van der Waals surface area contributed by atoms with Crippen molar-refractivity contribution >= 4 is 29.1 Å². The average Bonchev–Trinajstić information content (AvgIpc) is 3.23. The number of aromatic nitrogens is 3. The molecule has 13 heteroatoms. The second kappa shape index (κ2) is 11.4. The Morgan fingerprint density at radius 2 is 1.76 bits per heavy atom. The minimum absolute atomic E-state index is 0.0223. The van der Waals surface area contributed by atoms with Crippen LogP contribution in [-0.2, 0) is 6.61 Å². The number of hydrogen-bond acceptors (Lipinski definition) is 8. The Bertz CT molecular complexity index is 1430. The maximum atomic E-state index is 13.4. The molecule has 1 heterocycles. The highest BCUT2D eigenvalue weighted by Gasteiger charge is 2.24. The van der Waals surface area contributed by atoms with Gasteiger partial charge in [0.2, 0.25) is 6.54 Å². The lowest BCUT2D eigenvalue weighted by Crippen LogP contribution is -2.11. The molecule has 0 spiro atoms. The quantitative estimate of drug-likeness (QED) is 0.136. The summed E-state index contributed by atoms with van der Waals surface area (Å²) in [7, 11) is 0. The third-order valence-electron chi connectivity index (χ3n) is 5.31. The Morgan fingerprint density at radius 3 is 2.38 bits per heavy atom. The normalized spacial score (nSPS) is 11.8. The molecule has 0 unspecified atom stereocenters. The first kappa shape index (κ1) is 26.0. The molecule has 4 rings (SSSR count). The van der Waals surface area contributed by atoms with E-state index in [4.69, 9.17) is 16.3 Å². The van der Waals surface area contributed by atoms with E-state index in [2.05, 4.69) is 10.2 Å². The van der Waals surface area contributed by atoms with Crippen molar-refractivity contribution in [2.75, 3.05) is 6.54 Å². The van der Waals surface area contributed by atoms with Crippen molar-refractivity contribution in [1.29, 1.82) is 0 Å². The Balaban J connectivity index is 1.54. The maximum absolute atomic E-state index is 13.4. The lowest BCUT2D eigenvalue weighted by Gasteiger charge is -2.16. The topological polar surface area (TPSA) is 126 Å². The Labute approximate surface area is 219 Å². The molecule has 1 atom stereocenters. The lowest BCUT2D eigenvalue weighted by molar-refractivity contribution is -0.479. The van der Waals surface area contributed by atoms with Crippen LogP contribution in [-0.4, -0.2) is 31.2 Å². The number of benzene rings is 3. The molecule has 0 saturated heterocycles. The third kappa shape index (κ3) is 6.40. The van der Waals surface area contributed by atoms with Crippen LogP contribution in [0.5, 0.6) is 5.75 Å². The summed E-state index contributed by atoms with van der Waals surface area (Å²) in [6, 6.07) is 16.6. The molecule has 0 N–H and O–H groups in total. The summed E-state index contributed by atoms with van der Waals surface area (Å²) in [4.78, 5) is 21.4. The first-order chi connectivity index (χ1) is 17.7. The Morgan fingerprint density at radius 1 is 1.05 bits per heavy atom. The van der Waals surface area contributed by atoms with Crippen molar-refractivity contribution in [3.63, 3.8) is 0 Å². The third-order valence-corrected chi connectivity index (χ3v) is 6.79. The SMILES string of the molecule is Cc1nnc(S[C@@H](C[N+](=O)[O-])c2ccc(OCc3ccc([N+](=O)[O-])cc3)c(Cl)c2)n1-c1ccc(F)cc1. The molecule has 0 aliphatic carbocycles. The number of ether oxygens (including phenoxy) is 1. The number of halogens is 2. The van der Waals surface area contributed by atoms with Crippen LogP contribution in [0.2, 0.25) is 5.02 Å². The van der Waals surface area contributed by atoms with Gasteiger partial charge in [0.05, 0.1) is 9.95 Å². The molecule has 0 radical (unpaired) electrons. The molecule has 0 bridgehead atoms. The van der Waals surface area contributed by atoms with Gasteiger partial charge in [-0.2, -0.15) is 0 Å². The highest BCUT2D eigenvalue weighted by molar-refractivity contribution is 7.99. The van der Waals surface area contributed by atoms with E-state index in [0.29, 0.717) is 33.5 Å². The summed E-state index contributed by atoms with van der Waals surface area (Å²) in [5, 5.41) is 30.5. The van der Waals surface area contributed by atoms with Gasteiger partial charge in [0, 0.05) is 22.7 Å². The predicted molar refractivity (Wildman–Crippen MR) is 135 cm³/mol. The van der Waals surface area contributed by atoms with Crippen LogP contribution in [0.1, 0.15) is 22.2 Å². The molecule has 0 amide bonds.